The molecule has 27 heavy (non-hydrogen) atoms. The minimum Gasteiger partial charge on any atom is -0.273 e. The highest BCUT2D eigenvalue weighted by Crippen LogP contribution is 2.28. The van der Waals surface area contributed by atoms with E-state index in [1.54, 1.807) is 5.38 Å². The van der Waals surface area contributed by atoms with Gasteiger partial charge in [-0.15, -0.1) is 16.2 Å². The van der Waals surface area contributed by atoms with Crippen molar-refractivity contribution in [2.24, 2.45) is 0 Å². The maximum Gasteiger partial charge on any atom is 0.276 e. The highest BCUT2D eigenvalue weighted by atomic mass is 32.2. The molecule has 0 aliphatic carbocycles. The molecule has 2 aromatic carbocycles. The van der Waals surface area contributed by atoms with Gasteiger partial charge in [0.25, 0.3) is 15.9 Å². The van der Waals surface area contributed by atoms with Crippen LogP contribution in [0.3, 0.4) is 0 Å². The topological polar surface area (TPSA) is 99.1 Å². The SMILES string of the molecule is Cc1ccc(-c2ccsc2C(=O)NNS(=O)(=O)c2cccc(C#N)c2)cc1. The van der Waals surface area contributed by atoms with Crippen LogP contribution in [0.2, 0.25) is 0 Å². The average Bonchev–Trinajstić information content (AvgIpc) is 3.16. The second-order valence-corrected chi connectivity index (χ2v) is 8.33. The zero-order valence-corrected chi connectivity index (χ0v) is 15.9. The molecule has 0 aliphatic heterocycles. The van der Waals surface area contributed by atoms with E-state index in [-0.39, 0.29) is 10.5 Å². The van der Waals surface area contributed by atoms with Crippen molar-refractivity contribution in [1.29, 1.82) is 5.26 Å². The number of aryl methyl sites for hydroxylation is 1. The molecular weight excluding hydrogens is 382 g/mol. The zero-order valence-electron chi connectivity index (χ0n) is 14.3. The van der Waals surface area contributed by atoms with Crippen molar-refractivity contribution in [2.45, 2.75) is 11.8 Å². The third-order valence-electron chi connectivity index (χ3n) is 3.81. The minimum absolute atomic E-state index is 0.105. The molecule has 1 heterocycles. The lowest BCUT2D eigenvalue weighted by Crippen LogP contribution is -2.41. The molecule has 0 spiro atoms. The van der Waals surface area contributed by atoms with Crippen LogP contribution in [0.4, 0.5) is 0 Å². The Bertz CT molecular complexity index is 1130. The summed E-state index contributed by atoms with van der Waals surface area (Å²) in [5, 5.41) is 10.7. The number of carbonyl (C=O) groups excluding carboxylic acids is 1. The number of carbonyl (C=O) groups is 1. The van der Waals surface area contributed by atoms with Gasteiger partial charge in [0.1, 0.15) is 4.88 Å². The largest absolute Gasteiger partial charge is 0.276 e. The molecule has 0 bridgehead atoms. The summed E-state index contributed by atoms with van der Waals surface area (Å²) < 4.78 is 24.7. The molecule has 0 atom stereocenters. The van der Waals surface area contributed by atoms with Crippen LogP contribution in [0.25, 0.3) is 11.1 Å². The van der Waals surface area contributed by atoms with Crippen LogP contribution >= 0.6 is 11.3 Å². The van der Waals surface area contributed by atoms with E-state index in [4.69, 9.17) is 5.26 Å². The number of hydrogen-bond acceptors (Lipinski definition) is 5. The number of benzene rings is 2. The Kier molecular flexibility index (Phi) is 5.37. The highest BCUT2D eigenvalue weighted by molar-refractivity contribution is 7.89. The lowest BCUT2D eigenvalue weighted by Gasteiger charge is -2.09. The Labute approximate surface area is 161 Å². The third-order valence-corrected chi connectivity index (χ3v) is 5.96. The Hall–Kier alpha value is -2.99. The normalized spacial score (nSPS) is 11.0. The van der Waals surface area contributed by atoms with Gasteiger partial charge in [0.2, 0.25) is 0 Å². The third kappa shape index (κ3) is 4.23. The van der Waals surface area contributed by atoms with Crippen LogP contribution in [0, 0.1) is 18.3 Å². The van der Waals surface area contributed by atoms with Crippen LogP contribution in [-0.4, -0.2) is 14.3 Å². The average molecular weight is 397 g/mol. The lowest BCUT2D eigenvalue weighted by atomic mass is 10.1. The van der Waals surface area contributed by atoms with Gasteiger partial charge in [-0.25, -0.2) is 8.42 Å². The van der Waals surface area contributed by atoms with Crippen molar-refractivity contribution in [3.8, 4) is 17.2 Å². The molecule has 0 saturated carbocycles. The van der Waals surface area contributed by atoms with Gasteiger partial charge in [-0.05, 0) is 42.1 Å². The number of rotatable bonds is 5. The molecule has 1 amide bonds. The molecule has 8 heteroatoms. The molecular formula is C19H15N3O3S2. The van der Waals surface area contributed by atoms with E-state index in [2.05, 4.69) is 10.3 Å². The molecule has 0 saturated heterocycles. The van der Waals surface area contributed by atoms with Gasteiger partial charge in [-0.3, -0.25) is 10.2 Å². The fraction of sp³-hybridized carbons (Fsp3) is 0.0526. The first kappa shape index (κ1) is 18.8. The van der Waals surface area contributed by atoms with Crippen molar-refractivity contribution in [3.05, 3.63) is 76.0 Å². The first-order valence-corrected chi connectivity index (χ1v) is 10.2. The monoisotopic (exact) mass is 397 g/mol. The Morgan fingerprint density at radius 3 is 2.56 bits per heavy atom. The maximum atomic E-state index is 12.5. The Morgan fingerprint density at radius 2 is 1.85 bits per heavy atom. The standard InChI is InChI=1S/C19H15N3O3S2/c1-13-5-7-15(8-6-13)17-9-10-26-18(17)19(23)21-22-27(24,25)16-4-2-3-14(11-16)12-20/h2-11,22H,1H3,(H,21,23). The van der Waals surface area contributed by atoms with E-state index >= 15 is 0 Å². The van der Waals surface area contributed by atoms with E-state index in [1.165, 1.54) is 35.6 Å². The van der Waals surface area contributed by atoms with E-state index in [0.29, 0.717) is 4.88 Å². The van der Waals surface area contributed by atoms with Gasteiger partial charge in [-0.1, -0.05) is 35.9 Å². The minimum atomic E-state index is -3.99. The second-order valence-electron chi connectivity index (χ2n) is 5.73. The fourth-order valence-corrected chi connectivity index (χ4v) is 4.10. The molecule has 0 radical (unpaired) electrons. The van der Waals surface area contributed by atoms with Crippen molar-refractivity contribution in [3.63, 3.8) is 0 Å². The summed E-state index contributed by atoms with van der Waals surface area (Å²) in [6.45, 7) is 1.97. The van der Waals surface area contributed by atoms with Crippen molar-refractivity contribution < 1.29 is 13.2 Å². The fourth-order valence-electron chi connectivity index (χ4n) is 2.41. The highest BCUT2D eigenvalue weighted by Gasteiger charge is 2.19. The number of nitriles is 1. The summed E-state index contributed by atoms with van der Waals surface area (Å²) in [4.78, 5) is 14.9. The first-order valence-electron chi connectivity index (χ1n) is 7.87. The molecule has 6 nitrogen and oxygen atoms in total. The number of hydrazine groups is 1. The number of sulfonamides is 1. The van der Waals surface area contributed by atoms with Gasteiger partial charge in [0, 0.05) is 5.56 Å². The Morgan fingerprint density at radius 1 is 1.11 bits per heavy atom. The predicted octanol–water partition coefficient (Wildman–Crippen LogP) is 3.22. The lowest BCUT2D eigenvalue weighted by molar-refractivity contribution is 0.0950. The van der Waals surface area contributed by atoms with E-state index in [1.807, 2.05) is 43.3 Å². The summed E-state index contributed by atoms with van der Waals surface area (Å²) >= 11 is 1.22. The van der Waals surface area contributed by atoms with Gasteiger partial charge < -0.3 is 0 Å². The smallest absolute Gasteiger partial charge is 0.273 e. The van der Waals surface area contributed by atoms with Crippen LogP contribution in [0.15, 0.2) is 64.9 Å². The molecule has 0 unspecified atom stereocenters. The molecule has 136 valence electrons. The van der Waals surface area contributed by atoms with Crippen molar-refractivity contribution in [2.75, 3.05) is 0 Å². The summed E-state index contributed by atoms with van der Waals surface area (Å²) in [6, 6.07) is 16.9. The number of nitrogens with one attached hydrogen (secondary N) is 2. The molecule has 0 fully saturated rings. The quantitative estimate of drug-likeness (QED) is 0.646. The maximum absolute atomic E-state index is 12.5. The van der Waals surface area contributed by atoms with Crippen LogP contribution in [0.1, 0.15) is 20.8 Å². The number of hydrogen-bond donors (Lipinski definition) is 2. The van der Waals surface area contributed by atoms with Crippen LogP contribution in [-0.2, 0) is 10.0 Å². The zero-order chi connectivity index (χ0) is 19.4. The van der Waals surface area contributed by atoms with E-state index < -0.39 is 15.9 Å². The molecule has 1 aromatic heterocycles. The summed E-state index contributed by atoms with van der Waals surface area (Å²) in [7, 11) is -3.99. The second kappa shape index (κ2) is 7.72. The number of amides is 1. The van der Waals surface area contributed by atoms with Crippen molar-refractivity contribution in [1.82, 2.24) is 10.3 Å². The number of nitrogens with zero attached hydrogens (tertiary/aromatic N) is 1. The van der Waals surface area contributed by atoms with E-state index in [0.717, 1.165) is 16.7 Å². The Balaban J connectivity index is 1.78. The summed E-state index contributed by atoms with van der Waals surface area (Å²) in [5.74, 6) is -0.555. The van der Waals surface area contributed by atoms with Gasteiger partial charge in [0.15, 0.2) is 0 Å². The van der Waals surface area contributed by atoms with Crippen molar-refractivity contribution >= 4 is 27.3 Å². The van der Waals surface area contributed by atoms with Crippen LogP contribution in [0.5, 0.6) is 0 Å². The van der Waals surface area contributed by atoms with Gasteiger partial charge in [0.05, 0.1) is 16.5 Å². The molecule has 0 aliphatic rings. The van der Waals surface area contributed by atoms with Crippen LogP contribution < -0.4 is 10.3 Å². The molecule has 3 rings (SSSR count). The predicted molar refractivity (Wildman–Crippen MR) is 103 cm³/mol. The summed E-state index contributed by atoms with van der Waals surface area (Å²) in [5.41, 5.74) is 5.15. The van der Waals surface area contributed by atoms with Gasteiger partial charge in [-0.2, -0.15) is 5.26 Å². The van der Waals surface area contributed by atoms with E-state index in [9.17, 15) is 13.2 Å². The number of thiophene rings is 1. The molecule has 3 aromatic rings. The molecule has 2 N–H and O–H groups in total. The first-order chi connectivity index (χ1) is 12.9. The summed E-state index contributed by atoms with van der Waals surface area (Å²) in [6.07, 6.45) is 0. The van der Waals surface area contributed by atoms with Gasteiger partial charge >= 0.3 is 0 Å².